The van der Waals surface area contributed by atoms with Gasteiger partial charge < -0.3 is 20.5 Å². The van der Waals surface area contributed by atoms with E-state index in [1.807, 2.05) is 45.9 Å². The van der Waals surface area contributed by atoms with E-state index in [0.29, 0.717) is 46.7 Å². The highest BCUT2D eigenvalue weighted by Crippen LogP contribution is 2.38. The number of nitrogens with two attached hydrogens (primary N) is 1. The van der Waals surface area contributed by atoms with Crippen LogP contribution in [0.1, 0.15) is 47.5 Å². The van der Waals surface area contributed by atoms with Gasteiger partial charge in [0.05, 0.1) is 19.2 Å². The van der Waals surface area contributed by atoms with Gasteiger partial charge in [-0.2, -0.15) is 0 Å². The first kappa shape index (κ1) is 30.9. The molecule has 3 atom stereocenters. The zero-order chi connectivity index (χ0) is 26.5. The summed E-state index contributed by atoms with van der Waals surface area (Å²) in [5.74, 6) is 3.90. The SMILES string of the molecule is C=C(C)Nc1ncnc2cc(OCC3CC(CN)[C@H](C)C3)c(OC)cc12.C=C(Cl)/C(Br)=C\C.CC. The van der Waals surface area contributed by atoms with Crippen LogP contribution < -0.4 is 20.5 Å². The number of hydrogen-bond donors (Lipinski definition) is 2. The van der Waals surface area contributed by atoms with Crippen LogP contribution in [0, 0.1) is 17.8 Å². The molecule has 8 heteroatoms. The molecule has 0 amide bonds. The molecule has 0 radical (unpaired) electrons. The van der Waals surface area contributed by atoms with Crippen LogP contribution in [0.2, 0.25) is 0 Å². The molecule has 1 saturated carbocycles. The Kier molecular flexibility index (Phi) is 14.0. The van der Waals surface area contributed by atoms with Crippen molar-refractivity contribution in [2.45, 2.75) is 47.5 Å². The minimum atomic E-state index is 0.532. The predicted molar refractivity (Wildman–Crippen MR) is 153 cm³/mol. The van der Waals surface area contributed by atoms with Crippen molar-refractivity contribution in [2.75, 3.05) is 25.6 Å². The number of methoxy groups -OCH3 is 1. The summed E-state index contributed by atoms with van der Waals surface area (Å²) < 4.78 is 12.5. The molecular weight excluding hydrogens is 528 g/mol. The zero-order valence-corrected chi connectivity index (χ0v) is 24.2. The molecule has 194 valence electrons. The third-order valence-electron chi connectivity index (χ3n) is 5.69. The minimum Gasteiger partial charge on any atom is -0.493 e. The van der Waals surface area contributed by atoms with Gasteiger partial charge in [-0.1, -0.05) is 51.6 Å². The Morgan fingerprint density at radius 2 is 1.94 bits per heavy atom. The first-order valence-corrected chi connectivity index (χ1v) is 13.1. The van der Waals surface area contributed by atoms with E-state index >= 15 is 0 Å². The van der Waals surface area contributed by atoms with Crippen molar-refractivity contribution in [1.82, 2.24) is 9.97 Å². The van der Waals surface area contributed by atoms with Crippen LogP contribution in [0.4, 0.5) is 5.82 Å². The number of nitrogens with zero attached hydrogens (tertiary/aromatic N) is 2. The lowest BCUT2D eigenvalue weighted by Gasteiger charge is -2.16. The van der Waals surface area contributed by atoms with Gasteiger partial charge in [0, 0.05) is 26.7 Å². The van der Waals surface area contributed by atoms with Gasteiger partial charge >= 0.3 is 0 Å². The van der Waals surface area contributed by atoms with Gasteiger partial charge in [-0.05, 0) is 73.0 Å². The van der Waals surface area contributed by atoms with E-state index < -0.39 is 0 Å². The summed E-state index contributed by atoms with van der Waals surface area (Å²) in [5, 5.41) is 4.57. The molecule has 1 fully saturated rings. The maximum absolute atomic E-state index is 6.12. The third-order valence-corrected chi connectivity index (χ3v) is 7.06. The Balaban J connectivity index is 0.000000587. The number of rotatable bonds is 8. The van der Waals surface area contributed by atoms with Crippen molar-refractivity contribution < 1.29 is 9.47 Å². The third kappa shape index (κ3) is 9.47. The number of aromatic nitrogens is 2. The second kappa shape index (κ2) is 15.8. The van der Waals surface area contributed by atoms with Gasteiger partial charge in [0.25, 0.3) is 0 Å². The maximum atomic E-state index is 6.12. The Labute approximate surface area is 224 Å². The van der Waals surface area contributed by atoms with Crippen LogP contribution >= 0.6 is 27.5 Å². The second-order valence-electron chi connectivity index (χ2n) is 8.31. The summed E-state index contributed by atoms with van der Waals surface area (Å²) in [5.41, 5.74) is 7.48. The molecule has 3 rings (SSSR count). The number of anilines is 1. The fourth-order valence-electron chi connectivity index (χ4n) is 3.94. The number of hydrogen-bond acceptors (Lipinski definition) is 6. The molecule has 0 saturated heterocycles. The largest absolute Gasteiger partial charge is 0.493 e. The van der Waals surface area contributed by atoms with Crippen molar-refractivity contribution in [1.29, 1.82) is 0 Å². The lowest BCUT2D eigenvalue weighted by atomic mass is 9.99. The summed E-state index contributed by atoms with van der Waals surface area (Å²) in [6.45, 7) is 18.8. The molecule has 1 aliphatic rings. The second-order valence-corrected chi connectivity index (χ2v) is 9.62. The fraction of sp³-hybridized carbons (Fsp3) is 0.481. The Bertz CT molecular complexity index is 1010. The van der Waals surface area contributed by atoms with E-state index in [2.05, 4.69) is 51.3 Å². The molecule has 1 aromatic carbocycles. The normalized spacial score (nSPS) is 19.1. The van der Waals surface area contributed by atoms with Crippen molar-refractivity contribution in [3.8, 4) is 11.5 Å². The average molecular weight is 568 g/mol. The molecule has 6 nitrogen and oxygen atoms in total. The lowest BCUT2D eigenvalue weighted by Crippen LogP contribution is -2.16. The highest BCUT2D eigenvalue weighted by molar-refractivity contribution is 9.12. The average Bonchev–Trinajstić information content (AvgIpc) is 3.22. The number of nitrogens with one attached hydrogen (secondary N) is 1. The van der Waals surface area contributed by atoms with E-state index in [1.54, 1.807) is 7.11 Å². The summed E-state index contributed by atoms with van der Waals surface area (Å²) in [4.78, 5) is 8.67. The molecule has 1 aromatic heterocycles. The minimum absolute atomic E-state index is 0.532. The van der Waals surface area contributed by atoms with Gasteiger partial charge in [0.2, 0.25) is 0 Å². The van der Waals surface area contributed by atoms with Crippen LogP contribution in [-0.4, -0.2) is 30.2 Å². The summed E-state index contributed by atoms with van der Waals surface area (Å²) in [7, 11) is 1.64. The molecule has 35 heavy (non-hydrogen) atoms. The fourth-order valence-corrected chi connectivity index (χ4v) is 4.05. The van der Waals surface area contributed by atoms with E-state index in [4.69, 9.17) is 26.8 Å². The molecule has 3 N–H and O–H groups in total. The molecule has 2 aromatic rings. The highest BCUT2D eigenvalue weighted by Gasteiger charge is 2.30. The van der Waals surface area contributed by atoms with E-state index in [-0.39, 0.29) is 0 Å². The van der Waals surface area contributed by atoms with Crippen molar-refractivity contribution in [3.63, 3.8) is 0 Å². The van der Waals surface area contributed by atoms with Crippen molar-refractivity contribution >= 4 is 44.3 Å². The molecule has 0 aliphatic heterocycles. The summed E-state index contributed by atoms with van der Waals surface area (Å²) >= 11 is 8.59. The van der Waals surface area contributed by atoms with Crippen LogP contribution in [-0.2, 0) is 0 Å². The maximum Gasteiger partial charge on any atom is 0.163 e. The Hall–Kier alpha value is -2.09. The van der Waals surface area contributed by atoms with Crippen molar-refractivity contribution in [2.24, 2.45) is 23.5 Å². The molecular formula is C27H40BrClN4O2. The number of benzene rings is 1. The summed E-state index contributed by atoms with van der Waals surface area (Å²) in [6, 6.07) is 3.83. The van der Waals surface area contributed by atoms with E-state index in [0.717, 1.165) is 40.5 Å². The number of halogens is 2. The highest BCUT2D eigenvalue weighted by atomic mass is 79.9. The molecule has 1 heterocycles. The topological polar surface area (TPSA) is 82.3 Å². The number of fused-ring (bicyclic) bond motifs is 1. The first-order valence-electron chi connectivity index (χ1n) is 11.9. The van der Waals surface area contributed by atoms with Crippen LogP contribution in [0.3, 0.4) is 0 Å². The standard InChI is InChI=1S/C20H28N4O2.C5H6BrCl.C2H6/c1-12(2)24-20-16-7-18(25-4)19(8-17(16)22-11-23-20)26-10-14-5-13(3)15(6-14)9-21;1-3-5(6)4(2)7;1-2/h7-8,11,13-15H,1,5-6,9-10,21H2,2-4H3,(H,22,23,24);3H,2H2,1H3;1-2H3/b;5-3+;/t13-,14?,15?;;/m1../s1. The van der Waals surface area contributed by atoms with Gasteiger partial charge in [-0.3, -0.25) is 0 Å². The predicted octanol–water partition coefficient (Wildman–Crippen LogP) is 7.65. The van der Waals surface area contributed by atoms with E-state index in [1.165, 1.54) is 6.33 Å². The van der Waals surface area contributed by atoms with Gasteiger partial charge in [-0.25, -0.2) is 9.97 Å². The number of ether oxygens (including phenoxy) is 2. The molecule has 2 unspecified atom stereocenters. The van der Waals surface area contributed by atoms with Gasteiger partial charge in [0.1, 0.15) is 12.1 Å². The van der Waals surface area contributed by atoms with Crippen LogP contribution in [0.5, 0.6) is 11.5 Å². The molecule has 0 spiro atoms. The quantitative estimate of drug-likeness (QED) is 0.319. The monoisotopic (exact) mass is 566 g/mol. The Morgan fingerprint density at radius 3 is 2.43 bits per heavy atom. The number of allylic oxidation sites excluding steroid dienone is 4. The zero-order valence-electron chi connectivity index (χ0n) is 21.8. The van der Waals surface area contributed by atoms with Crippen LogP contribution in [0.25, 0.3) is 10.9 Å². The van der Waals surface area contributed by atoms with Crippen LogP contribution in [0.15, 0.2) is 52.9 Å². The van der Waals surface area contributed by atoms with Crippen molar-refractivity contribution in [3.05, 3.63) is 52.9 Å². The Morgan fingerprint density at radius 1 is 1.26 bits per heavy atom. The first-order chi connectivity index (χ1) is 16.7. The van der Waals surface area contributed by atoms with Gasteiger partial charge in [0.15, 0.2) is 11.5 Å². The molecule has 1 aliphatic carbocycles. The smallest absolute Gasteiger partial charge is 0.163 e. The van der Waals surface area contributed by atoms with Gasteiger partial charge in [-0.15, -0.1) is 0 Å². The molecule has 0 bridgehead atoms. The summed E-state index contributed by atoms with van der Waals surface area (Å²) in [6.07, 6.45) is 5.67. The van der Waals surface area contributed by atoms with E-state index in [9.17, 15) is 0 Å². The lowest BCUT2D eigenvalue weighted by molar-refractivity contribution is 0.237.